The van der Waals surface area contributed by atoms with Gasteiger partial charge >= 0.3 is 0 Å². The van der Waals surface area contributed by atoms with E-state index < -0.39 is 5.60 Å². The molecule has 3 rings (SSSR count). The molecule has 2 heterocycles. The van der Waals surface area contributed by atoms with Gasteiger partial charge in [0.1, 0.15) is 0 Å². The predicted octanol–water partition coefficient (Wildman–Crippen LogP) is 2.10. The number of likely N-dealkylation sites (tertiary alicyclic amines) is 1. The summed E-state index contributed by atoms with van der Waals surface area (Å²) in [6, 6.07) is 12.1. The van der Waals surface area contributed by atoms with Crippen molar-refractivity contribution in [2.45, 2.75) is 25.5 Å². The van der Waals surface area contributed by atoms with Crippen LogP contribution in [0.1, 0.15) is 27.9 Å². The second-order valence-corrected chi connectivity index (χ2v) is 7.08. The summed E-state index contributed by atoms with van der Waals surface area (Å²) in [4.78, 5) is 20.5. The minimum atomic E-state index is -0.865. The lowest BCUT2D eigenvalue weighted by Gasteiger charge is -2.29. The van der Waals surface area contributed by atoms with E-state index in [1.54, 1.807) is 24.3 Å². The van der Waals surface area contributed by atoms with Gasteiger partial charge in [0, 0.05) is 39.1 Å². The molecule has 1 aromatic carbocycles. The van der Waals surface area contributed by atoms with E-state index in [-0.39, 0.29) is 5.91 Å². The zero-order valence-corrected chi connectivity index (χ0v) is 14.9. The maximum Gasteiger partial charge on any atom is 0.255 e. The van der Waals surface area contributed by atoms with Crippen molar-refractivity contribution >= 4 is 5.91 Å². The van der Waals surface area contributed by atoms with Gasteiger partial charge in [-0.1, -0.05) is 30.3 Å². The van der Waals surface area contributed by atoms with Crippen LogP contribution < -0.4 is 0 Å². The summed E-state index contributed by atoms with van der Waals surface area (Å²) >= 11 is 0. The molecular weight excluding hydrogens is 314 g/mol. The number of likely N-dealkylation sites (N-methyl/N-ethyl adjacent to an activating group) is 1. The summed E-state index contributed by atoms with van der Waals surface area (Å²) in [6.07, 6.45) is 3.97. The van der Waals surface area contributed by atoms with Crippen LogP contribution >= 0.6 is 0 Å². The first-order chi connectivity index (χ1) is 12.0. The first kappa shape index (κ1) is 17.6. The molecule has 0 radical (unpaired) electrons. The first-order valence-corrected chi connectivity index (χ1v) is 8.61. The van der Waals surface area contributed by atoms with E-state index in [2.05, 4.69) is 22.0 Å². The number of rotatable bonds is 5. The van der Waals surface area contributed by atoms with Crippen LogP contribution in [0.2, 0.25) is 0 Å². The highest BCUT2D eigenvalue weighted by atomic mass is 16.3. The number of aromatic nitrogens is 1. The fourth-order valence-electron chi connectivity index (χ4n) is 3.45. The molecule has 25 heavy (non-hydrogen) atoms. The molecule has 1 aliphatic heterocycles. The molecule has 0 spiro atoms. The highest BCUT2D eigenvalue weighted by Crippen LogP contribution is 2.24. The molecular formula is C20H25N3O2. The molecule has 1 aliphatic rings. The Bertz CT molecular complexity index is 735. The van der Waals surface area contributed by atoms with E-state index in [4.69, 9.17) is 0 Å². The lowest BCUT2D eigenvalue weighted by molar-refractivity contribution is 0.0170. The van der Waals surface area contributed by atoms with Gasteiger partial charge in [-0.05, 0) is 30.5 Å². The van der Waals surface area contributed by atoms with Crippen LogP contribution in [0.3, 0.4) is 0 Å². The van der Waals surface area contributed by atoms with Gasteiger partial charge in [0.25, 0.3) is 5.91 Å². The second-order valence-electron chi connectivity index (χ2n) is 7.08. The normalized spacial score (nSPS) is 20.6. The summed E-state index contributed by atoms with van der Waals surface area (Å²) in [5, 5.41) is 10.9. The zero-order valence-electron chi connectivity index (χ0n) is 14.9. The number of aryl methyl sites for hydroxylation is 1. The summed E-state index contributed by atoms with van der Waals surface area (Å²) < 4.78 is 0. The Kier molecular flexibility index (Phi) is 5.16. The lowest BCUT2D eigenvalue weighted by Crippen LogP contribution is -2.45. The van der Waals surface area contributed by atoms with Gasteiger partial charge in [0.15, 0.2) is 0 Å². The van der Waals surface area contributed by atoms with E-state index in [0.29, 0.717) is 25.1 Å². The molecule has 0 saturated carbocycles. The Balaban J connectivity index is 1.59. The Hall–Kier alpha value is -2.24. The molecule has 1 saturated heterocycles. The molecule has 0 aliphatic carbocycles. The third-order valence-corrected chi connectivity index (χ3v) is 4.66. The first-order valence-electron chi connectivity index (χ1n) is 8.61. The van der Waals surface area contributed by atoms with Gasteiger partial charge in [0.2, 0.25) is 0 Å². The summed E-state index contributed by atoms with van der Waals surface area (Å²) in [7, 11) is 1.74. The van der Waals surface area contributed by atoms with Crippen LogP contribution in [0.4, 0.5) is 0 Å². The van der Waals surface area contributed by atoms with Crippen LogP contribution in [0.15, 0.2) is 48.8 Å². The topological polar surface area (TPSA) is 56.7 Å². The predicted molar refractivity (Wildman–Crippen MR) is 97.2 cm³/mol. The third kappa shape index (κ3) is 4.44. The third-order valence-electron chi connectivity index (χ3n) is 4.66. The van der Waals surface area contributed by atoms with Crippen molar-refractivity contribution < 1.29 is 9.90 Å². The number of benzene rings is 1. The molecule has 1 N–H and O–H groups in total. The van der Waals surface area contributed by atoms with Crippen molar-refractivity contribution in [3.05, 3.63) is 65.5 Å². The molecule has 2 aromatic rings. The van der Waals surface area contributed by atoms with Crippen LogP contribution in [0.25, 0.3) is 0 Å². The Morgan fingerprint density at radius 1 is 1.32 bits per heavy atom. The monoisotopic (exact) mass is 339 g/mol. The summed E-state index contributed by atoms with van der Waals surface area (Å²) in [5.74, 6) is -0.105. The number of hydrogen-bond acceptors (Lipinski definition) is 4. The highest BCUT2D eigenvalue weighted by Gasteiger charge is 2.37. The van der Waals surface area contributed by atoms with Crippen LogP contribution in [-0.2, 0) is 6.54 Å². The van der Waals surface area contributed by atoms with Crippen molar-refractivity contribution in [1.29, 1.82) is 0 Å². The summed E-state index contributed by atoms with van der Waals surface area (Å²) in [6.45, 7) is 4.47. The van der Waals surface area contributed by atoms with Gasteiger partial charge in [-0.3, -0.25) is 14.7 Å². The number of hydrogen-bond donors (Lipinski definition) is 1. The molecule has 1 amide bonds. The Morgan fingerprint density at radius 2 is 2.08 bits per heavy atom. The number of amides is 1. The largest absolute Gasteiger partial charge is 0.387 e. The number of carbonyl (C=O) groups is 1. The fraction of sp³-hybridized carbons (Fsp3) is 0.400. The quantitative estimate of drug-likeness (QED) is 0.906. The SMILES string of the molecule is Cc1cncc(C(=O)N(C)C[C@@]2(O)CCN(Cc3ccccc3)C2)c1. The molecule has 5 nitrogen and oxygen atoms in total. The highest BCUT2D eigenvalue weighted by molar-refractivity contribution is 5.93. The lowest BCUT2D eigenvalue weighted by atomic mass is 10.0. The van der Waals surface area contributed by atoms with E-state index in [1.807, 2.05) is 31.2 Å². The van der Waals surface area contributed by atoms with Gasteiger partial charge in [-0.2, -0.15) is 0 Å². The molecule has 132 valence electrons. The van der Waals surface area contributed by atoms with Crippen molar-refractivity contribution in [3.8, 4) is 0 Å². The van der Waals surface area contributed by atoms with Gasteiger partial charge in [-0.25, -0.2) is 0 Å². The average Bonchev–Trinajstić information content (AvgIpc) is 2.95. The van der Waals surface area contributed by atoms with E-state index in [9.17, 15) is 9.90 Å². The fourth-order valence-corrected chi connectivity index (χ4v) is 3.45. The van der Waals surface area contributed by atoms with Crippen LogP contribution in [-0.4, -0.2) is 58.1 Å². The minimum Gasteiger partial charge on any atom is -0.387 e. The molecule has 5 heteroatoms. The number of carbonyl (C=O) groups excluding carboxylic acids is 1. The van der Waals surface area contributed by atoms with E-state index in [0.717, 1.165) is 18.7 Å². The molecule has 0 bridgehead atoms. The molecule has 1 atom stereocenters. The minimum absolute atomic E-state index is 0.105. The average molecular weight is 339 g/mol. The summed E-state index contributed by atoms with van der Waals surface area (Å²) in [5.41, 5.74) is 1.89. The standard InChI is InChI=1S/C20H25N3O2/c1-16-10-18(12-21-11-16)19(24)22(2)14-20(25)8-9-23(15-20)13-17-6-4-3-5-7-17/h3-7,10-12,25H,8-9,13-15H2,1-2H3/t20-/m0/s1. The molecule has 0 unspecified atom stereocenters. The van der Waals surface area contributed by atoms with Crippen LogP contribution in [0, 0.1) is 6.92 Å². The van der Waals surface area contributed by atoms with E-state index >= 15 is 0 Å². The van der Waals surface area contributed by atoms with Crippen molar-refractivity contribution in [2.24, 2.45) is 0 Å². The Morgan fingerprint density at radius 3 is 2.80 bits per heavy atom. The molecule has 1 fully saturated rings. The molecule has 1 aromatic heterocycles. The number of β-amino-alcohol motifs (C(OH)–C–C–N with tert-alkyl or cyclic N) is 1. The van der Waals surface area contributed by atoms with E-state index in [1.165, 1.54) is 5.56 Å². The Labute approximate surface area is 148 Å². The van der Waals surface area contributed by atoms with Gasteiger partial charge in [-0.15, -0.1) is 0 Å². The second kappa shape index (κ2) is 7.33. The smallest absolute Gasteiger partial charge is 0.255 e. The van der Waals surface area contributed by atoms with Crippen molar-refractivity contribution in [2.75, 3.05) is 26.7 Å². The van der Waals surface area contributed by atoms with Crippen LogP contribution in [0.5, 0.6) is 0 Å². The van der Waals surface area contributed by atoms with Crippen molar-refractivity contribution in [3.63, 3.8) is 0 Å². The zero-order chi connectivity index (χ0) is 17.9. The number of aliphatic hydroxyl groups is 1. The van der Waals surface area contributed by atoms with Gasteiger partial charge in [0.05, 0.1) is 17.7 Å². The maximum absolute atomic E-state index is 12.6. The number of nitrogens with zero attached hydrogens (tertiary/aromatic N) is 3. The van der Waals surface area contributed by atoms with Crippen molar-refractivity contribution in [1.82, 2.24) is 14.8 Å². The maximum atomic E-state index is 12.6. The number of pyridine rings is 1. The van der Waals surface area contributed by atoms with Gasteiger partial charge < -0.3 is 10.0 Å².